The van der Waals surface area contributed by atoms with E-state index in [1.165, 1.54) is 35.6 Å². The fourth-order valence-corrected chi connectivity index (χ4v) is 8.15. The van der Waals surface area contributed by atoms with Crippen LogP contribution in [0.5, 0.6) is 5.75 Å². The maximum absolute atomic E-state index is 13.4. The van der Waals surface area contributed by atoms with E-state index in [0.29, 0.717) is 33.0 Å². The Hall–Kier alpha value is -4.87. The number of aryl methyl sites for hydroxylation is 2. The number of benzene rings is 2. The van der Waals surface area contributed by atoms with E-state index in [1.54, 1.807) is 20.0 Å². The lowest BCUT2D eigenvalue weighted by Gasteiger charge is -2.22. The molecule has 3 aromatic heterocycles. The summed E-state index contributed by atoms with van der Waals surface area (Å²) in [4.78, 5) is 18.3. The molecule has 17 heteroatoms. The molecule has 1 aliphatic carbocycles. The summed E-state index contributed by atoms with van der Waals surface area (Å²) >= 11 is 1.37. The van der Waals surface area contributed by atoms with E-state index >= 15 is 0 Å². The van der Waals surface area contributed by atoms with Gasteiger partial charge in [0.15, 0.2) is 9.84 Å². The average molecular weight is 731 g/mol. The van der Waals surface area contributed by atoms with Crippen LogP contribution in [0.3, 0.4) is 0 Å². The third-order valence-electron chi connectivity index (χ3n) is 8.10. The monoisotopic (exact) mass is 730 g/mol. The number of rotatable bonds is 10. The quantitative estimate of drug-likeness (QED) is 0.0884. The van der Waals surface area contributed by atoms with Crippen LogP contribution in [0.15, 0.2) is 77.0 Å². The second-order valence-corrected chi connectivity index (χ2v) is 14.7. The van der Waals surface area contributed by atoms with Crippen LogP contribution in [0, 0.1) is 19.7 Å². The molecular formula is C33H30F4N6O5S2. The molecule has 0 aliphatic heterocycles. The number of hydrogen-bond acceptors (Lipinski definition) is 12. The van der Waals surface area contributed by atoms with Gasteiger partial charge in [0.05, 0.1) is 44.4 Å². The van der Waals surface area contributed by atoms with Crippen LogP contribution >= 0.6 is 11.3 Å². The summed E-state index contributed by atoms with van der Waals surface area (Å²) in [6.07, 6.45) is -4.71. The van der Waals surface area contributed by atoms with Gasteiger partial charge in [-0.2, -0.15) is 4.98 Å². The number of alkyl halides is 3. The number of sulfone groups is 1. The van der Waals surface area contributed by atoms with Crippen LogP contribution in [-0.2, 0) is 9.84 Å². The zero-order valence-corrected chi connectivity index (χ0v) is 28.3. The van der Waals surface area contributed by atoms with E-state index in [2.05, 4.69) is 25.3 Å². The van der Waals surface area contributed by atoms with Gasteiger partial charge < -0.3 is 25.6 Å². The Balaban J connectivity index is 1.31. The van der Waals surface area contributed by atoms with Gasteiger partial charge in [0.2, 0.25) is 5.95 Å². The number of nitrogens with zero attached hydrogens (tertiary/aromatic N) is 4. The summed E-state index contributed by atoms with van der Waals surface area (Å²) in [6, 6.07) is 10.1. The van der Waals surface area contributed by atoms with Crippen molar-refractivity contribution in [3.8, 4) is 16.3 Å². The first-order valence-corrected chi connectivity index (χ1v) is 17.6. The molecule has 50 heavy (non-hydrogen) atoms. The minimum absolute atomic E-state index is 0.0652. The number of anilines is 2. The second kappa shape index (κ2) is 13.4. The number of halogens is 4. The van der Waals surface area contributed by atoms with Gasteiger partial charge in [-0.05, 0) is 80.8 Å². The Morgan fingerprint density at radius 2 is 1.72 bits per heavy atom. The molecule has 1 aliphatic rings. The van der Waals surface area contributed by atoms with Crippen LogP contribution in [-0.4, -0.2) is 62.8 Å². The first kappa shape index (κ1) is 35.0. The summed E-state index contributed by atoms with van der Waals surface area (Å²) in [6.45, 7) is 5.33. The first-order valence-electron chi connectivity index (χ1n) is 15.1. The Kier molecular flexibility index (Phi) is 9.41. The van der Waals surface area contributed by atoms with Crippen molar-refractivity contribution >= 4 is 43.2 Å². The molecule has 3 atom stereocenters. The van der Waals surface area contributed by atoms with E-state index in [0.717, 1.165) is 29.0 Å². The summed E-state index contributed by atoms with van der Waals surface area (Å²) in [5.74, 6) is -1.69. The van der Waals surface area contributed by atoms with E-state index in [4.69, 9.17) is 9.97 Å². The molecule has 0 saturated heterocycles. The van der Waals surface area contributed by atoms with Crippen molar-refractivity contribution in [3.63, 3.8) is 0 Å². The summed E-state index contributed by atoms with van der Waals surface area (Å²) in [7, 11) is -3.99. The molecule has 0 amide bonds. The number of hydrogen-bond donors (Lipinski definition) is 4. The van der Waals surface area contributed by atoms with Crippen molar-refractivity contribution < 1.29 is 40.9 Å². The van der Waals surface area contributed by atoms with Crippen molar-refractivity contribution in [2.75, 3.05) is 16.4 Å². The highest BCUT2D eigenvalue weighted by molar-refractivity contribution is 7.91. The molecule has 0 saturated carbocycles. The van der Waals surface area contributed by atoms with Crippen molar-refractivity contribution in [1.82, 2.24) is 19.9 Å². The largest absolute Gasteiger partial charge is 0.573 e. The number of fused-ring (bicyclic) bond motifs is 1. The topological polar surface area (TPSA) is 159 Å². The molecule has 0 unspecified atom stereocenters. The van der Waals surface area contributed by atoms with Crippen LogP contribution < -0.4 is 15.4 Å². The molecule has 0 radical (unpaired) electrons. The van der Waals surface area contributed by atoms with Crippen molar-refractivity contribution in [2.24, 2.45) is 0 Å². The number of pyridine rings is 1. The van der Waals surface area contributed by atoms with Gasteiger partial charge in [0.1, 0.15) is 39.8 Å². The number of aromatic nitrogens is 4. The predicted molar refractivity (Wildman–Crippen MR) is 179 cm³/mol. The van der Waals surface area contributed by atoms with E-state index in [1.807, 2.05) is 13.0 Å². The fourth-order valence-electron chi connectivity index (χ4n) is 5.60. The smallest absolute Gasteiger partial charge is 0.509 e. The van der Waals surface area contributed by atoms with Crippen LogP contribution in [0.4, 0.5) is 29.3 Å². The number of ether oxygens (including phenoxy) is 1. The van der Waals surface area contributed by atoms with Crippen molar-refractivity contribution in [2.45, 2.75) is 56.6 Å². The standard InChI is InChI=1S/C33H30F4N6O5S2/c1-16(19-4-8-22(9-5-19)48-33(35,36)37)39-32-40-17(2)26(31-42-27-18(3)38-13-12-25(27)49-31)30(43-32)41-24-14-20(28(44)29(24)45)15-50(46,47)23-10-6-21(34)7-11-23/h4-13,16,24,29,44-45H,14-15H2,1-3H3,(H2,39,40,41,43)/t16-,24-,29+/m1/s1. The SMILES string of the molecule is Cc1nc(N[C@H](C)c2ccc(OC(F)(F)F)cc2)nc(N[C@@H]2CC(CS(=O)(=O)c3ccc(F)cc3)=C(O)[C@H]2O)c1-c1nc2c(C)nccc2s1. The number of thiazole rings is 1. The zero-order chi connectivity index (χ0) is 36.0. The normalized spacial score (nSPS) is 17.3. The lowest BCUT2D eigenvalue weighted by molar-refractivity contribution is -0.274. The van der Waals surface area contributed by atoms with Crippen LogP contribution in [0.25, 0.3) is 20.8 Å². The van der Waals surface area contributed by atoms with Gasteiger partial charge in [-0.15, -0.1) is 24.5 Å². The predicted octanol–water partition coefficient (Wildman–Crippen LogP) is 6.81. The van der Waals surface area contributed by atoms with Gasteiger partial charge in [0.25, 0.3) is 0 Å². The third kappa shape index (κ3) is 7.49. The summed E-state index contributed by atoms with van der Waals surface area (Å²) in [5, 5.41) is 28.8. The van der Waals surface area contributed by atoms with Crippen LogP contribution in [0.1, 0.15) is 36.3 Å². The van der Waals surface area contributed by atoms with E-state index in [9.17, 15) is 36.2 Å². The second-order valence-electron chi connectivity index (χ2n) is 11.7. The zero-order valence-electron chi connectivity index (χ0n) is 26.7. The minimum Gasteiger partial charge on any atom is -0.509 e. The lowest BCUT2D eigenvalue weighted by Crippen LogP contribution is -2.31. The first-order chi connectivity index (χ1) is 23.6. The molecule has 0 spiro atoms. The van der Waals surface area contributed by atoms with Gasteiger partial charge in [0, 0.05) is 6.20 Å². The summed E-state index contributed by atoms with van der Waals surface area (Å²) in [5.41, 5.74) is 3.07. The molecule has 3 heterocycles. The Morgan fingerprint density at radius 1 is 1.02 bits per heavy atom. The molecule has 0 fully saturated rings. The van der Waals surface area contributed by atoms with Gasteiger partial charge in [-0.3, -0.25) is 4.98 Å². The Bertz CT molecular complexity index is 2190. The maximum Gasteiger partial charge on any atom is 0.573 e. The third-order valence-corrected chi connectivity index (χ3v) is 10.9. The minimum atomic E-state index is -4.82. The van der Waals surface area contributed by atoms with E-state index < -0.39 is 51.7 Å². The number of aliphatic hydroxyl groups excluding tert-OH is 2. The molecule has 11 nitrogen and oxygen atoms in total. The Morgan fingerprint density at radius 3 is 2.38 bits per heavy atom. The van der Waals surface area contributed by atoms with Crippen LogP contribution in [0.2, 0.25) is 0 Å². The molecule has 6 rings (SSSR count). The van der Waals surface area contributed by atoms with Crippen molar-refractivity contribution in [1.29, 1.82) is 0 Å². The number of nitrogens with one attached hydrogen (secondary N) is 2. The molecule has 5 aromatic rings. The van der Waals surface area contributed by atoms with Gasteiger partial charge in [-0.1, -0.05) is 12.1 Å². The fraction of sp³-hybridized carbons (Fsp3) is 0.273. The highest BCUT2D eigenvalue weighted by Gasteiger charge is 2.37. The molecular weight excluding hydrogens is 701 g/mol. The molecule has 4 N–H and O–H groups in total. The number of aliphatic hydroxyl groups is 2. The Labute approximate surface area is 287 Å². The molecule has 0 bridgehead atoms. The highest BCUT2D eigenvalue weighted by Crippen LogP contribution is 2.39. The van der Waals surface area contributed by atoms with Crippen molar-refractivity contribution in [3.05, 3.63) is 94.9 Å². The summed E-state index contributed by atoms with van der Waals surface area (Å²) < 4.78 is 82.3. The molecule has 262 valence electrons. The van der Waals surface area contributed by atoms with Gasteiger partial charge >= 0.3 is 6.36 Å². The van der Waals surface area contributed by atoms with E-state index in [-0.39, 0.29) is 34.4 Å². The lowest BCUT2D eigenvalue weighted by atomic mass is 10.1. The molecule has 2 aromatic carbocycles. The van der Waals surface area contributed by atoms with Gasteiger partial charge in [-0.25, -0.2) is 22.8 Å². The average Bonchev–Trinajstić information content (AvgIpc) is 3.58. The maximum atomic E-state index is 13.4. The highest BCUT2D eigenvalue weighted by atomic mass is 32.2.